The number of carbonyl (C=O) groups is 3. The predicted molar refractivity (Wildman–Crippen MR) is 148 cm³/mol. The van der Waals surface area contributed by atoms with Crippen LogP contribution in [0.4, 0.5) is 11.4 Å². The van der Waals surface area contributed by atoms with Gasteiger partial charge >= 0.3 is 0 Å². The van der Waals surface area contributed by atoms with Gasteiger partial charge in [-0.05, 0) is 48.9 Å². The Morgan fingerprint density at radius 2 is 1.35 bits per heavy atom. The Morgan fingerprint density at radius 1 is 0.825 bits per heavy atom. The second kappa shape index (κ2) is 11.7. The number of hydrogen-bond acceptors (Lipinski definition) is 8. The molecule has 3 aromatic rings. The van der Waals surface area contributed by atoms with Gasteiger partial charge in [-0.15, -0.1) is 0 Å². The average Bonchev–Trinajstić information content (AvgIpc) is 2.92. The summed E-state index contributed by atoms with van der Waals surface area (Å²) in [5.41, 5.74) is -0.763. The Balaban J connectivity index is 1.83. The number of phenols is 1. The molecule has 0 saturated heterocycles. The molecular formula is C30H32N2O8. The number of rotatable bonds is 8. The monoisotopic (exact) mass is 548 g/mol. The molecule has 210 valence electrons. The first kappa shape index (κ1) is 28.4. The molecule has 0 aliphatic heterocycles. The van der Waals surface area contributed by atoms with Crippen LogP contribution in [0, 0.1) is 11.8 Å². The molecule has 0 heterocycles. The van der Waals surface area contributed by atoms with Gasteiger partial charge in [-0.2, -0.15) is 0 Å². The lowest BCUT2D eigenvalue weighted by Gasteiger charge is -2.44. The van der Waals surface area contributed by atoms with Crippen molar-refractivity contribution in [2.75, 3.05) is 32.0 Å². The maximum atomic E-state index is 13.9. The topological polar surface area (TPSA) is 143 Å². The molecule has 2 amide bonds. The van der Waals surface area contributed by atoms with E-state index in [1.807, 2.05) is 0 Å². The Morgan fingerprint density at radius 3 is 1.90 bits per heavy atom. The van der Waals surface area contributed by atoms with Crippen molar-refractivity contribution >= 4 is 29.0 Å². The molecule has 1 aliphatic rings. The molecule has 0 spiro atoms. The minimum atomic E-state index is -1.82. The second-order valence-electron chi connectivity index (χ2n) is 9.79. The Hall–Kier alpha value is -4.57. The SMILES string of the molecule is COc1cc(C2C(C(=O)Nc3ccccc3OC)C(=O)CC(C)(O)C2C(=O)Nc2ccccc2OC)ccc1O. The van der Waals surface area contributed by atoms with Gasteiger partial charge in [-0.3, -0.25) is 14.4 Å². The van der Waals surface area contributed by atoms with E-state index in [0.29, 0.717) is 28.4 Å². The lowest BCUT2D eigenvalue weighted by Crippen LogP contribution is -2.56. The first-order valence-corrected chi connectivity index (χ1v) is 12.6. The summed E-state index contributed by atoms with van der Waals surface area (Å²) in [4.78, 5) is 41.3. The van der Waals surface area contributed by atoms with Crippen LogP contribution in [-0.4, -0.2) is 54.7 Å². The van der Waals surface area contributed by atoms with Crippen molar-refractivity contribution in [2.24, 2.45) is 11.8 Å². The highest BCUT2D eigenvalue weighted by atomic mass is 16.5. The molecule has 1 saturated carbocycles. The van der Waals surface area contributed by atoms with E-state index >= 15 is 0 Å². The van der Waals surface area contributed by atoms with Crippen molar-refractivity contribution in [1.82, 2.24) is 0 Å². The molecular weight excluding hydrogens is 516 g/mol. The fourth-order valence-electron chi connectivity index (χ4n) is 5.31. The number of amides is 2. The number of phenolic OH excluding ortho intramolecular Hbond substituents is 1. The van der Waals surface area contributed by atoms with Crippen LogP contribution >= 0.6 is 0 Å². The van der Waals surface area contributed by atoms with Crippen LogP contribution in [0.2, 0.25) is 0 Å². The van der Waals surface area contributed by atoms with Gasteiger partial charge in [0.15, 0.2) is 11.5 Å². The highest BCUT2D eigenvalue weighted by molar-refractivity contribution is 6.11. The Kier molecular flexibility index (Phi) is 8.29. The molecule has 1 aliphatic carbocycles. The Bertz CT molecular complexity index is 1420. The molecule has 4 N–H and O–H groups in total. The van der Waals surface area contributed by atoms with Gasteiger partial charge in [-0.1, -0.05) is 30.3 Å². The summed E-state index contributed by atoms with van der Waals surface area (Å²) in [6, 6.07) is 17.8. The predicted octanol–water partition coefficient (Wildman–Crippen LogP) is 3.74. The van der Waals surface area contributed by atoms with Crippen molar-refractivity contribution in [3.63, 3.8) is 0 Å². The molecule has 0 aromatic heterocycles. The maximum absolute atomic E-state index is 13.9. The summed E-state index contributed by atoms with van der Waals surface area (Å²) in [5, 5.41) is 27.3. The van der Waals surface area contributed by atoms with Crippen LogP contribution < -0.4 is 24.8 Å². The summed E-state index contributed by atoms with van der Waals surface area (Å²) in [5.74, 6) is -4.88. The fraction of sp³-hybridized carbons (Fsp3) is 0.300. The first-order valence-electron chi connectivity index (χ1n) is 12.6. The molecule has 0 bridgehead atoms. The number of aromatic hydroxyl groups is 1. The largest absolute Gasteiger partial charge is 0.504 e. The highest BCUT2D eigenvalue weighted by Crippen LogP contribution is 2.48. The number of para-hydroxylation sites is 4. The number of carbonyl (C=O) groups excluding carboxylic acids is 3. The third-order valence-electron chi connectivity index (χ3n) is 7.15. The molecule has 3 aromatic carbocycles. The molecule has 4 rings (SSSR count). The van der Waals surface area contributed by atoms with E-state index < -0.39 is 47.4 Å². The van der Waals surface area contributed by atoms with E-state index in [1.165, 1.54) is 46.5 Å². The maximum Gasteiger partial charge on any atom is 0.235 e. The minimum absolute atomic E-state index is 0.0861. The molecule has 4 atom stereocenters. The summed E-state index contributed by atoms with van der Waals surface area (Å²) >= 11 is 0. The van der Waals surface area contributed by atoms with Gasteiger partial charge < -0.3 is 35.1 Å². The van der Waals surface area contributed by atoms with Crippen molar-refractivity contribution in [2.45, 2.75) is 24.9 Å². The zero-order valence-corrected chi connectivity index (χ0v) is 22.6. The van der Waals surface area contributed by atoms with Crippen molar-refractivity contribution in [3.8, 4) is 23.0 Å². The smallest absolute Gasteiger partial charge is 0.235 e. The summed E-state index contributed by atoms with van der Waals surface area (Å²) < 4.78 is 16.0. The molecule has 40 heavy (non-hydrogen) atoms. The quantitative estimate of drug-likeness (QED) is 0.312. The van der Waals surface area contributed by atoms with Crippen LogP contribution in [-0.2, 0) is 14.4 Å². The minimum Gasteiger partial charge on any atom is -0.504 e. The van der Waals surface area contributed by atoms with E-state index in [1.54, 1.807) is 48.5 Å². The number of methoxy groups -OCH3 is 3. The molecule has 0 radical (unpaired) electrons. The number of benzene rings is 3. The molecule has 4 unspecified atom stereocenters. The van der Waals surface area contributed by atoms with Crippen LogP contribution in [0.3, 0.4) is 0 Å². The van der Waals surface area contributed by atoms with Gasteiger partial charge in [-0.25, -0.2) is 0 Å². The van der Waals surface area contributed by atoms with Gasteiger partial charge in [0.1, 0.15) is 23.2 Å². The molecule has 10 nitrogen and oxygen atoms in total. The number of Topliss-reactive ketones (excluding diaryl/α,β-unsaturated/α-hetero) is 1. The molecule has 1 fully saturated rings. The fourth-order valence-corrected chi connectivity index (χ4v) is 5.31. The summed E-state index contributed by atoms with van der Waals surface area (Å²) in [6.45, 7) is 1.40. The van der Waals surface area contributed by atoms with E-state index in [4.69, 9.17) is 14.2 Å². The van der Waals surface area contributed by atoms with Crippen molar-refractivity contribution < 1.29 is 38.8 Å². The summed E-state index contributed by atoms with van der Waals surface area (Å²) in [7, 11) is 4.28. The first-order chi connectivity index (χ1) is 19.1. The van der Waals surface area contributed by atoms with Crippen LogP contribution in [0.5, 0.6) is 23.0 Å². The van der Waals surface area contributed by atoms with Gasteiger partial charge in [0.05, 0.1) is 44.2 Å². The van der Waals surface area contributed by atoms with E-state index in [-0.39, 0.29) is 11.5 Å². The van der Waals surface area contributed by atoms with Crippen LogP contribution in [0.1, 0.15) is 24.8 Å². The number of nitrogens with one attached hydrogen (secondary N) is 2. The highest BCUT2D eigenvalue weighted by Gasteiger charge is 2.56. The number of hydrogen-bond donors (Lipinski definition) is 4. The van der Waals surface area contributed by atoms with E-state index in [9.17, 15) is 24.6 Å². The second-order valence-corrected chi connectivity index (χ2v) is 9.79. The van der Waals surface area contributed by atoms with Crippen molar-refractivity contribution in [1.29, 1.82) is 0 Å². The van der Waals surface area contributed by atoms with Crippen molar-refractivity contribution in [3.05, 3.63) is 72.3 Å². The third-order valence-corrected chi connectivity index (χ3v) is 7.15. The zero-order valence-electron chi connectivity index (χ0n) is 22.6. The van der Waals surface area contributed by atoms with Crippen LogP contribution in [0.15, 0.2) is 66.7 Å². The lowest BCUT2D eigenvalue weighted by atomic mass is 9.61. The van der Waals surface area contributed by atoms with Gasteiger partial charge in [0, 0.05) is 12.3 Å². The van der Waals surface area contributed by atoms with Gasteiger partial charge in [0.2, 0.25) is 11.8 Å². The van der Waals surface area contributed by atoms with E-state index in [2.05, 4.69) is 10.6 Å². The molecule has 10 heteroatoms. The average molecular weight is 549 g/mol. The van der Waals surface area contributed by atoms with Crippen LogP contribution in [0.25, 0.3) is 0 Å². The third kappa shape index (κ3) is 5.57. The number of aliphatic hydroxyl groups is 1. The summed E-state index contributed by atoms with van der Waals surface area (Å²) in [6.07, 6.45) is -0.438. The standard InChI is InChI=1S/C30H32N2O8/c1-30(37)16-21(34)26(28(35)31-18-9-5-7-11-22(18)38-2)25(17-13-14-20(33)24(15-17)40-4)27(30)29(36)32-19-10-6-8-12-23(19)39-3/h5-15,25-27,33,37H,16H2,1-4H3,(H,31,35)(H,32,36). The van der Waals surface area contributed by atoms with E-state index in [0.717, 1.165) is 0 Å². The Labute approximate surface area is 231 Å². The number of anilines is 2. The normalized spacial score (nSPS) is 22.2. The number of ether oxygens (including phenoxy) is 3. The zero-order chi connectivity index (χ0) is 29.0. The van der Waals surface area contributed by atoms with Gasteiger partial charge in [0.25, 0.3) is 0 Å². The lowest BCUT2D eigenvalue weighted by molar-refractivity contribution is -0.150. The number of ketones is 1.